The van der Waals surface area contributed by atoms with Gasteiger partial charge in [0.1, 0.15) is 0 Å². The average molecular weight is 188 g/mol. The minimum atomic E-state index is 0.683. The van der Waals surface area contributed by atoms with Crippen LogP contribution < -0.4 is 15.8 Å². The Morgan fingerprint density at radius 3 is 2.64 bits per heavy atom. The van der Waals surface area contributed by atoms with E-state index in [0.29, 0.717) is 5.82 Å². The summed E-state index contributed by atoms with van der Waals surface area (Å²) in [6, 6.07) is 7.23. The summed E-state index contributed by atoms with van der Waals surface area (Å²) in [6.45, 7) is 0. The molecule has 0 aliphatic heterocycles. The first-order valence-electron chi connectivity index (χ1n) is 4.16. The van der Waals surface area contributed by atoms with E-state index in [1.807, 2.05) is 24.5 Å². The number of aromatic nitrogens is 3. The van der Waals surface area contributed by atoms with Crippen molar-refractivity contribution in [1.82, 2.24) is 10.2 Å². The maximum absolute atomic E-state index is 5.55. The van der Waals surface area contributed by atoms with Crippen molar-refractivity contribution in [3.8, 4) is 0 Å². The Labute approximate surface area is 81.2 Å². The van der Waals surface area contributed by atoms with E-state index in [1.165, 1.54) is 0 Å². The third kappa shape index (κ3) is 1.95. The molecule has 0 aliphatic carbocycles. The lowest BCUT2D eigenvalue weighted by Crippen LogP contribution is -2.41. The van der Waals surface area contributed by atoms with Gasteiger partial charge < -0.3 is 5.73 Å². The van der Waals surface area contributed by atoms with Gasteiger partial charge in [-0.2, -0.15) is 5.10 Å². The summed E-state index contributed by atoms with van der Waals surface area (Å²) >= 11 is 0. The molecule has 5 heteroatoms. The molecule has 2 aromatic heterocycles. The Morgan fingerprint density at radius 1 is 1.21 bits per heavy atom. The van der Waals surface area contributed by atoms with Gasteiger partial charge in [-0.25, -0.2) is 0 Å². The first-order valence-corrected chi connectivity index (χ1v) is 4.16. The van der Waals surface area contributed by atoms with Gasteiger partial charge in [-0.05, 0) is 12.1 Å². The molecule has 2 aromatic rings. The largest absolute Gasteiger partial charge is 0.398 e. The molecule has 70 valence electrons. The number of anilines is 2. The van der Waals surface area contributed by atoms with Crippen LogP contribution in [-0.2, 0) is 0 Å². The highest BCUT2D eigenvalue weighted by molar-refractivity contribution is 5.33. The molecule has 0 spiro atoms. The molecule has 0 amide bonds. The number of rotatable bonds is 2. The first-order chi connectivity index (χ1) is 6.84. The van der Waals surface area contributed by atoms with Crippen LogP contribution in [0.4, 0.5) is 11.5 Å². The van der Waals surface area contributed by atoms with Crippen LogP contribution in [-0.4, -0.2) is 10.2 Å². The van der Waals surface area contributed by atoms with E-state index >= 15 is 0 Å². The number of pyridine rings is 1. The predicted octanol–water partition coefficient (Wildman–Crippen LogP) is 0.221. The molecule has 2 heterocycles. The fourth-order valence-electron chi connectivity index (χ4n) is 1.01. The van der Waals surface area contributed by atoms with Gasteiger partial charge in [-0.15, -0.1) is 10.5 Å². The van der Waals surface area contributed by atoms with E-state index in [-0.39, 0.29) is 0 Å². The van der Waals surface area contributed by atoms with Crippen molar-refractivity contribution in [2.45, 2.75) is 0 Å². The molecular weight excluding hydrogens is 178 g/mol. The van der Waals surface area contributed by atoms with Crippen LogP contribution in [0.5, 0.6) is 0 Å². The Morgan fingerprint density at radius 2 is 2.00 bits per heavy atom. The molecular formula is C9H10N5+. The molecule has 2 rings (SSSR count). The van der Waals surface area contributed by atoms with E-state index in [4.69, 9.17) is 5.73 Å². The minimum Gasteiger partial charge on any atom is -0.398 e. The molecule has 0 radical (unpaired) electrons. The van der Waals surface area contributed by atoms with Gasteiger partial charge in [-0.1, -0.05) is 4.68 Å². The molecule has 0 unspecified atom stereocenters. The van der Waals surface area contributed by atoms with Crippen LogP contribution >= 0.6 is 0 Å². The summed E-state index contributed by atoms with van der Waals surface area (Å²) in [6.07, 6.45) is 5.24. The zero-order valence-electron chi connectivity index (χ0n) is 7.46. The molecule has 0 aliphatic rings. The first kappa shape index (κ1) is 8.43. The van der Waals surface area contributed by atoms with E-state index in [1.54, 1.807) is 23.0 Å². The van der Waals surface area contributed by atoms with E-state index in [0.717, 1.165) is 5.69 Å². The van der Waals surface area contributed by atoms with Gasteiger partial charge in [-0.3, -0.25) is 0 Å². The van der Waals surface area contributed by atoms with Crippen molar-refractivity contribution in [2.75, 3.05) is 11.2 Å². The number of nitrogens with zero attached hydrogens (tertiary/aromatic N) is 3. The second-order valence-electron chi connectivity index (χ2n) is 2.76. The molecule has 0 saturated carbocycles. The van der Waals surface area contributed by atoms with Crippen LogP contribution in [0, 0.1) is 0 Å². The van der Waals surface area contributed by atoms with Crippen molar-refractivity contribution in [1.29, 1.82) is 0 Å². The average Bonchev–Trinajstić information content (AvgIpc) is 2.23. The number of nitrogen functional groups attached to an aromatic ring is 1. The number of nitrogens with two attached hydrogens (primary N) is 1. The Balaban J connectivity index is 2.16. The summed E-state index contributed by atoms with van der Waals surface area (Å²) in [4.78, 5) is 0. The van der Waals surface area contributed by atoms with Crippen molar-refractivity contribution in [2.24, 2.45) is 0 Å². The number of hydrogen-bond acceptors (Lipinski definition) is 4. The highest BCUT2D eigenvalue weighted by atomic mass is 15.4. The van der Waals surface area contributed by atoms with Gasteiger partial charge in [0.15, 0.2) is 0 Å². The van der Waals surface area contributed by atoms with Crippen LogP contribution in [0.1, 0.15) is 0 Å². The summed E-state index contributed by atoms with van der Waals surface area (Å²) in [7, 11) is 0. The van der Waals surface area contributed by atoms with Crippen molar-refractivity contribution < 1.29 is 4.68 Å². The maximum Gasteiger partial charge on any atom is 0.206 e. The van der Waals surface area contributed by atoms with Gasteiger partial charge in [0.05, 0.1) is 0 Å². The summed E-state index contributed by atoms with van der Waals surface area (Å²) < 4.78 is 1.75. The summed E-state index contributed by atoms with van der Waals surface area (Å²) in [5.74, 6) is 0.683. The summed E-state index contributed by atoms with van der Waals surface area (Å²) in [5.41, 5.74) is 9.29. The molecule has 0 aromatic carbocycles. The quantitative estimate of drug-likeness (QED) is 0.662. The monoisotopic (exact) mass is 188 g/mol. The standard InChI is InChI=1S/C9H9N5/c10-8-3-6-14(7-4-8)13-9-2-1-5-11-12-9/h1-7,10H,(H,12,13)/p+1. The zero-order valence-corrected chi connectivity index (χ0v) is 7.46. The topological polar surface area (TPSA) is 67.7 Å². The smallest absolute Gasteiger partial charge is 0.206 e. The van der Waals surface area contributed by atoms with Gasteiger partial charge in [0.25, 0.3) is 0 Å². The van der Waals surface area contributed by atoms with E-state index in [2.05, 4.69) is 15.6 Å². The lowest BCUT2D eigenvalue weighted by molar-refractivity contribution is -0.643. The lowest BCUT2D eigenvalue weighted by Gasteiger charge is -1.97. The molecule has 3 N–H and O–H groups in total. The maximum atomic E-state index is 5.55. The minimum absolute atomic E-state index is 0.683. The van der Waals surface area contributed by atoms with Gasteiger partial charge in [0, 0.05) is 24.0 Å². The fraction of sp³-hybridized carbons (Fsp3) is 0. The SMILES string of the molecule is Nc1cc[n+](Nc2cccnn2)cc1. The third-order valence-corrected chi connectivity index (χ3v) is 1.67. The number of nitrogens with one attached hydrogen (secondary N) is 1. The van der Waals surface area contributed by atoms with E-state index in [9.17, 15) is 0 Å². The second kappa shape index (κ2) is 3.69. The van der Waals surface area contributed by atoms with Crippen LogP contribution in [0.25, 0.3) is 0 Å². The van der Waals surface area contributed by atoms with Gasteiger partial charge >= 0.3 is 0 Å². The number of hydrogen-bond donors (Lipinski definition) is 2. The molecule has 5 nitrogen and oxygen atoms in total. The third-order valence-electron chi connectivity index (χ3n) is 1.67. The Bertz CT molecular complexity index is 397. The van der Waals surface area contributed by atoms with Crippen molar-refractivity contribution >= 4 is 11.5 Å². The van der Waals surface area contributed by atoms with Crippen molar-refractivity contribution in [3.63, 3.8) is 0 Å². The molecule has 0 fully saturated rings. The fourth-order valence-corrected chi connectivity index (χ4v) is 1.01. The highest BCUT2D eigenvalue weighted by Gasteiger charge is 2.00. The molecule has 0 saturated heterocycles. The highest BCUT2D eigenvalue weighted by Crippen LogP contribution is 1.96. The zero-order chi connectivity index (χ0) is 9.80. The van der Waals surface area contributed by atoms with Crippen LogP contribution in [0.2, 0.25) is 0 Å². The second-order valence-corrected chi connectivity index (χ2v) is 2.76. The predicted molar refractivity (Wildman–Crippen MR) is 52.1 cm³/mol. The molecule has 0 bridgehead atoms. The van der Waals surface area contributed by atoms with Gasteiger partial charge in [0.2, 0.25) is 18.2 Å². The Kier molecular flexibility index (Phi) is 2.22. The van der Waals surface area contributed by atoms with Crippen LogP contribution in [0.3, 0.4) is 0 Å². The van der Waals surface area contributed by atoms with Crippen LogP contribution in [0.15, 0.2) is 42.9 Å². The van der Waals surface area contributed by atoms with Crippen molar-refractivity contribution in [3.05, 3.63) is 42.9 Å². The normalized spacial score (nSPS) is 9.71. The lowest BCUT2D eigenvalue weighted by atomic mass is 10.4. The molecule has 0 atom stereocenters. The molecule has 14 heavy (non-hydrogen) atoms. The Hall–Kier alpha value is -2.17. The van der Waals surface area contributed by atoms with E-state index < -0.39 is 0 Å². The summed E-state index contributed by atoms with van der Waals surface area (Å²) in [5, 5.41) is 7.63.